The summed E-state index contributed by atoms with van der Waals surface area (Å²) in [7, 11) is 5.36. The zero-order valence-electron chi connectivity index (χ0n) is 12.0. The topological polar surface area (TPSA) is 79.6 Å². The van der Waals surface area contributed by atoms with E-state index >= 15 is 0 Å². The molecule has 0 aromatic carbocycles. The van der Waals surface area contributed by atoms with E-state index in [1.165, 1.54) is 18.0 Å². The molecule has 20 heavy (non-hydrogen) atoms. The minimum Gasteiger partial charge on any atom is -0.394 e. The number of hydrogen-bond acceptors (Lipinski definition) is 6. The average Bonchev–Trinajstić information content (AvgIpc) is 2.42. The van der Waals surface area contributed by atoms with E-state index in [-0.39, 0.29) is 23.2 Å². The first-order valence-corrected chi connectivity index (χ1v) is 6.64. The Kier molecular flexibility index (Phi) is 6.94. The first-order valence-electron chi connectivity index (χ1n) is 6.26. The van der Waals surface area contributed by atoms with Crippen LogP contribution in [-0.2, 0) is 11.3 Å². The highest BCUT2D eigenvalue weighted by atomic mass is 35.5. The summed E-state index contributed by atoms with van der Waals surface area (Å²) in [4.78, 5) is 14.0. The van der Waals surface area contributed by atoms with Crippen LogP contribution in [0.3, 0.4) is 0 Å². The molecule has 0 saturated carbocycles. The van der Waals surface area contributed by atoms with E-state index < -0.39 is 0 Å². The largest absolute Gasteiger partial charge is 0.394 e. The Morgan fingerprint density at radius 3 is 2.85 bits per heavy atom. The summed E-state index contributed by atoms with van der Waals surface area (Å²) >= 11 is 6.04. The van der Waals surface area contributed by atoms with Gasteiger partial charge in [0.1, 0.15) is 5.02 Å². The minimum atomic E-state index is -0.354. The molecular weight excluding hydrogens is 284 g/mol. The van der Waals surface area contributed by atoms with E-state index in [0.29, 0.717) is 25.4 Å². The van der Waals surface area contributed by atoms with Crippen molar-refractivity contribution < 1.29 is 9.84 Å². The van der Waals surface area contributed by atoms with Gasteiger partial charge in [-0.3, -0.25) is 4.79 Å². The predicted octanol–water partition coefficient (Wildman–Crippen LogP) is -0.123. The maximum Gasteiger partial charge on any atom is 0.287 e. The Morgan fingerprint density at radius 1 is 1.60 bits per heavy atom. The molecule has 8 heteroatoms. The van der Waals surface area contributed by atoms with Gasteiger partial charge in [0.2, 0.25) is 0 Å². The van der Waals surface area contributed by atoms with Crippen molar-refractivity contribution in [2.75, 3.05) is 46.3 Å². The Hall–Kier alpha value is -1.15. The normalized spacial score (nSPS) is 12.7. The number of ether oxygens (including phenoxy) is 1. The Labute approximate surface area is 123 Å². The van der Waals surface area contributed by atoms with E-state index in [1.807, 2.05) is 19.0 Å². The predicted molar refractivity (Wildman–Crippen MR) is 78.4 cm³/mol. The molecule has 0 bridgehead atoms. The molecule has 1 atom stereocenters. The summed E-state index contributed by atoms with van der Waals surface area (Å²) in [5.74, 6) is 0. The summed E-state index contributed by atoms with van der Waals surface area (Å²) in [5.41, 5.74) is 0.0430. The number of anilines is 1. The smallest absolute Gasteiger partial charge is 0.287 e. The van der Waals surface area contributed by atoms with Gasteiger partial charge in [0.05, 0.1) is 37.7 Å². The van der Waals surface area contributed by atoms with Crippen molar-refractivity contribution in [2.24, 2.45) is 0 Å². The molecule has 0 aliphatic rings. The third-order valence-electron chi connectivity index (χ3n) is 2.69. The van der Waals surface area contributed by atoms with E-state index in [2.05, 4.69) is 10.4 Å². The summed E-state index contributed by atoms with van der Waals surface area (Å²) in [6.07, 6.45) is 1.48. The number of likely N-dealkylation sites (N-methyl/N-ethyl adjacent to an activating group) is 1. The molecule has 114 valence electrons. The number of hydrogen-bond donors (Lipinski definition) is 2. The van der Waals surface area contributed by atoms with E-state index in [9.17, 15) is 9.90 Å². The third kappa shape index (κ3) is 4.75. The standard InChI is InChI=1S/C12H21ClN4O3/c1-16(2)4-5-17-12(19)11(13)10(6-14-17)15-9(7-18)8-20-3/h6,9,15,18H,4-5,7-8H2,1-3H3. The van der Waals surface area contributed by atoms with Crippen LogP contribution in [0.4, 0.5) is 5.69 Å². The lowest BCUT2D eigenvalue weighted by Gasteiger charge is -2.17. The highest BCUT2D eigenvalue weighted by molar-refractivity contribution is 6.32. The van der Waals surface area contributed by atoms with Gasteiger partial charge in [-0.15, -0.1) is 0 Å². The molecule has 1 aromatic rings. The van der Waals surface area contributed by atoms with Gasteiger partial charge >= 0.3 is 0 Å². The molecule has 0 spiro atoms. The van der Waals surface area contributed by atoms with Crippen molar-refractivity contribution >= 4 is 17.3 Å². The van der Waals surface area contributed by atoms with Crippen molar-refractivity contribution in [1.29, 1.82) is 0 Å². The number of halogens is 1. The lowest BCUT2D eigenvalue weighted by atomic mass is 10.3. The van der Waals surface area contributed by atoms with Gasteiger partial charge in [-0.1, -0.05) is 11.6 Å². The lowest BCUT2D eigenvalue weighted by Crippen LogP contribution is -2.32. The number of aliphatic hydroxyl groups excluding tert-OH is 1. The molecule has 0 radical (unpaired) electrons. The van der Waals surface area contributed by atoms with Crippen molar-refractivity contribution in [3.63, 3.8) is 0 Å². The van der Waals surface area contributed by atoms with Crippen LogP contribution in [0, 0.1) is 0 Å². The summed E-state index contributed by atoms with van der Waals surface area (Å²) in [6.45, 7) is 1.33. The Bertz CT molecular complexity index is 478. The monoisotopic (exact) mass is 304 g/mol. The van der Waals surface area contributed by atoms with Crippen LogP contribution in [0.25, 0.3) is 0 Å². The number of aliphatic hydroxyl groups is 1. The second kappa shape index (κ2) is 8.21. The van der Waals surface area contributed by atoms with Crippen LogP contribution in [0.5, 0.6) is 0 Å². The Balaban J connectivity index is 2.85. The minimum absolute atomic E-state index is 0.0632. The maximum absolute atomic E-state index is 12.0. The third-order valence-corrected chi connectivity index (χ3v) is 3.06. The molecule has 1 rings (SSSR count). The van der Waals surface area contributed by atoms with E-state index in [4.69, 9.17) is 16.3 Å². The summed E-state index contributed by atoms with van der Waals surface area (Å²) in [5, 5.41) is 16.3. The van der Waals surface area contributed by atoms with Crippen molar-refractivity contribution in [3.8, 4) is 0 Å². The van der Waals surface area contributed by atoms with Gasteiger partial charge in [-0.25, -0.2) is 4.68 Å². The van der Waals surface area contributed by atoms with Crippen LogP contribution in [-0.4, -0.2) is 66.8 Å². The molecule has 0 saturated heterocycles. The van der Waals surface area contributed by atoms with Crippen molar-refractivity contribution in [2.45, 2.75) is 12.6 Å². The number of methoxy groups -OCH3 is 1. The second-order valence-corrected chi connectivity index (χ2v) is 5.06. The highest BCUT2D eigenvalue weighted by Gasteiger charge is 2.13. The zero-order valence-corrected chi connectivity index (χ0v) is 12.7. The molecule has 1 aromatic heterocycles. The molecular formula is C12H21ClN4O3. The van der Waals surface area contributed by atoms with Crippen LogP contribution in [0.1, 0.15) is 0 Å². The van der Waals surface area contributed by atoms with E-state index in [1.54, 1.807) is 0 Å². The Morgan fingerprint density at radius 2 is 2.30 bits per heavy atom. The fourth-order valence-corrected chi connectivity index (χ4v) is 1.78. The molecule has 1 heterocycles. The highest BCUT2D eigenvalue weighted by Crippen LogP contribution is 2.16. The van der Waals surface area contributed by atoms with Crippen LogP contribution >= 0.6 is 11.6 Å². The molecule has 7 nitrogen and oxygen atoms in total. The number of aromatic nitrogens is 2. The van der Waals surface area contributed by atoms with Crippen molar-refractivity contribution in [3.05, 3.63) is 21.6 Å². The van der Waals surface area contributed by atoms with Crippen LogP contribution < -0.4 is 10.9 Å². The lowest BCUT2D eigenvalue weighted by molar-refractivity contribution is 0.153. The molecule has 2 N–H and O–H groups in total. The molecule has 0 amide bonds. The second-order valence-electron chi connectivity index (χ2n) is 4.68. The molecule has 0 aliphatic carbocycles. The molecule has 0 aliphatic heterocycles. The fourth-order valence-electron chi connectivity index (χ4n) is 1.58. The average molecular weight is 305 g/mol. The molecule has 0 fully saturated rings. The van der Waals surface area contributed by atoms with Gasteiger partial charge in [-0.05, 0) is 14.1 Å². The van der Waals surface area contributed by atoms with Gasteiger partial charge < -0.3 is 20.1 Å². The fraction of sp³-hybridized carbons (Fsp3) is 0.667. The van der Waals surface area contributed by atoms with Gasteiger partial charge in [-0.2, -0.15) is 5.10 Å². The van der Waals surface area contributed by atoms with Crippen molar-refractivity contribution in [1.82, 2.24) is 14.7 Å². The molecule has 1 unspecified atom stereocenters. The number of nitrogens with one attached hydrogen (secondary N) is 1. The first kappa shape index (κ1) is 16.9. The van der Waals surface area contributed by atoms with Gasteiger partial charge in [0, 0.05) is 13.7 Å². The summed E-state index contributed by atoms with van der Waals surface area (Å²) in [6, 6.07) is -0.337. The maximum atomic E-state index is 12.0. The number of rotatable bonds is 8. The quantitative estimate of drug-likeness (QED) is 0.697. The first-order chi connectivity index (χ1) is 9.49. The summed E-state index contributed by atoms with van der Waals surface area (Å²) < 4.78 is 6.27. The van der Waals surface area contributed by atoms with Crippen LogP contribution in [0.2, 0.25) is 5.02 Å². The van der Waals surface area contributed by atoms with E-state index in [0.717, 1.165) is 0 Å². The number of nitrogens with zero attached hydrogens (tertiary/aromatic N) is 3. The SMILES string of the molecule is COCC(CO)Nc1cnn(CCN(C)C)c(=O)c1Cl. The van der Waals surface area contributed by atoms with Crippen LogP contribution in [0.15, 0.2) is 11.0 Å². The van der Waals surface area contributed by atoms with Gasteiger partial charge in [0.15, 0.2) is 0 Å². The zero-order chi connectivity index (χ0) is 15.1. The van der Waals surface area contributed by atoms with Gasteiger partial charge in [0.25, 0.3) is 5.56 Å².